The van der Waals surface area contributed by atoms with Crippen molar-refractivity contribution in [2.45, 2.75) is 25.8 Å². The molecule has 1 fully saturated rings. The van der Waals surface area contributed by atoms with E-state index in [9.17, 15) is 4.79 Å². The number of hydrogen-bond donors (Lipinski definition) is 2. The number of thiophene rings is 1. The lowest BCUT2D eigenvalue weighted by atomic mass is 9.67. The van der Waals surface area contributed by atoms with Crippen molar-refractivity contribution in [2.75, 3.05) is 6.54 Å². The zero-order chi connectivity index (χ0) is 13.5. The molecule has 2 aromatic rings. The Balaban J connectivity index is 1.67. The Morgan fingerprint density at radius 1 is 1.63 bits per heavy atom. The number of nitrogens with zero attached hydrogens (tertiary/aromatic N) is 1. The average molecular weight is 275 g/mol. The van der Waals surface area contributed by atoms with Crippen molar-refractivity contribution in [1.82, 2.24) is 10.3 Å². The molecule has 2 aromatic heterocycles. The van der Waals surface area contributed by atoms with Crippen molar-refractivity contribution in [3.8, 4) is 0 Å². The van der Waals surface area contributed by atoms with Gasteiger partial charge in [-0.1, -0.05) is 13.0 Å². The third kappa shape index (κ3) is 2.48. The highest BCUT2D eigenvalue weighted by Crippen LogP contribution is 2.38. The van der Waals surface area contributed by atoms with Crippen molar-refractivity contribution in [1.29, 1.82) is 0 Å². The van der Waals surface area contributed by atoms with E-state index in [2.05, 4.69) is 17.2 Å². The molecule has 19 heavy (non-hydrogen) atoms. The maximum absolute atomic E-state index is 12.1. The number of rotatable bonds is 3. The van der Waals surface area contributed by atoms with Gasteiger partial charge in [-0.25, -0.2) is 4.98 Å². The predicted octanol–water partition coefficient (Wildman–Crippen LogP) is 2.15. The van der Waals surface area contributed by atoms with Crippen molar-refractivity contribution in [3.63, 3.8) is 0 Å². The molecular formula is C14H17N3OS. The molecule has 0 atom stereocenters. The SMILES string of the molecule is CC1(CNC(=O)c2cc3cccnc3s2)CC(N)C1. The van der Waals surface area contributed by atoms with E-state index in [1.807, 2.05) is 18.2 Å². The Morgan fingerprint density at radius 2 is 2.42 bits per heavy atom. The largest absolute Gasteiger partial charge is 0.351 e. The number of nitrogens with one attached hydrogen (secondary N) is 1. The number of nitrogens with two attached hydrogens (primary N) is 1. The van der Waals surface area contributed by atoms with Crippen LogP contribution in [-0.4, -0.2) is 23.5 Å². The highest BCUT2D eigenvalue weighted by atomic mass is 32.1. The number of carbonyl (C=O) groups is 1. The van der Waals surface area contributed by atoms with Crippen LogP contribution in [0.1, 0.15) is 29.4 Å². The molecule has 1 aliphatic carbocycles. The van der Waals surface area contributed by atoms with Gasteiger partial charge in [0.2, 0.25) is 0 Å². The molecule has 0 spiro atoms. The van der Waals surface area contributed by atoms with Gasteiger partial charge in [0.1, 0.15) is 4.83 Å². The monoisotopic (exact) mass is 275 g/mol. The first-order valence-electron chi connectivity index (χ1n) is 6.44. The zero-order valence-electron chi connectivity index (χ0n) is 10.8. The third-order valence-corrected chi connectivity index (χ3v) is 4.76. The summed E-state index contributed by atoms with van der Waals surface area (Å²) >= 11 is 1.43. The molecule has 0 saturated heterocycles. The lowest BCUT2D eigenvalue weighted by Gasteiger charge is -2.43. The Hall–Kier alpha value is -1.46. The highest BCUT2D eigenvalue weighted by Gasteiger charge is 2.38. The first kappa shape index (κ1) is 12.6. The van der Waals surface area contributed by atoms with Gasteiger partial charge in [-0.2, -0.15) is 0 Å². The molecule has 3 N–H and O–H groups in total. The van der Waals surface area contributed by atoms with Crippen LogP contribution in [0.25, 0.3) is 10.2 Å². The third-order valence-electron chi connectivity index (χ3n) is 3.70. The summed E-state index contributed by atoms with van der Waals surface area (Å²) in [6.07, 6.45) is 3.72. The molecule has 100 valence electrons. The van der Waals surface area contributed by atoms with Crippen LogP contribution in [0.2, 0.25) is 0 Å². The standard InChI is InChI=1S/C14H17N3OS/c1-14(6-10(15)7-14)8-17-12(18)11-5-9-3-2-4-16-13(9)19-11/h2-5,10H,6-8,15H2,1H3,(H,17,18). The molecule has 1 aliphatic rings. The summed E-state index contributed by atoms with van der Waals surface area (Å²) in [4.78, 5) is 18.0. The Labute approximate surface area is 116 Å². The van der Waals surface area contributed by atoms with E-state index in [0.29, 0.717) is 12.6 Å². The van der Waals surface area contributed by atoms with Crippen molar-refractivity contribution < 1.29 is 4.79 Å². The van der Waals surface area contributed by atoms with E-state index in [1.54, 1.807) is 6.20 Å². The summed E-state index contributed by atoms with van der Waals surface area (Å²) in [6.45, 7) is 2.87. The van der Waals surface area contributed by atoms with E-state index in [1.165, 1.54) is 11.3 Å². The van der Waals surface area contributed by atoms with Gasteiger partial charge in [0.15, 0.2) is 0 Å². The lowest BCUT2D eigenvalue weighted by molar-refractivity contribution is 0.0860. The minimum atomic E-state index is -0.00954. The van der Waals surface area contributed by atoms with Crippen LogP contribution < -0.4 is 11.1 Å². The summed E-state index contributed by atoms with van der Waals surface area (Å²) < 4.78 is 0. The Kier molecular flexibility index (Phi) is 3.03. The summed E-state index contributed by atoms with van der Waals surface area (Å²) in [5, 5.41) is 4.03. The second kappa shape index (κ2) is 4.58. The molecule has 0 bridgehead atoms. The highest BCUT2D eigenvalue weighted by molar-refractivity contribution is 7.20. The number of aromatic nitrogens is 1. The number of hydrogen-bond acceptors (Lipinski definition) is 4. The average Bonchev–Trinajstić information content (AvgIpc) is 2.78. The Morgan fingerprint density at radius 3 is 3.11 bits per heavy atom. The quantitative estimate of drug-likeness (QED) is 0.902. The molecule has 1 amide bonds. The minimum absolute atomic E-state index is 0.00954. The fraction of sp³-hybridized carbons (Fsp3) is 0.429. The van der Waals surface area contributed by atoms with Gasteiger partial charge >= 0.3 is 0 Å². The second-order valence-corrected chi connectivity index (χ2v) is 6.70. The van der Waals surface area contributed by atoms with Crippen LogP contribution in [0.4, 0.5) is 0 Å². The topological polar surface area (TPSA) is 68.0 Å². The van der Waals surface area contributed by atoms with Crippen molar-refractivity contribution in [3.05, 3.63) is 29.3 Å². The van der Waals surface area contributed by atoms with Crippen molar-refractivity contribution >= 4 is 27.5 Å². The molecular weight excluding hydrogens is 258 g/mol. The van der Waals surface area contributed by atoms with Crippen LogP contribution >= 0.6 is 11.3 Å². The molecule has 3 rings (SSSR count). The van der Waals surface area contributed by atoms with Crippen LogP contribution in [0, 0.1) is 5.41 Å². The maximum Gasteiger partial charge on any atom is 0.261 e. The molecule has 0 aromatic carbocycles. The van der Waals surface area contributed by atoms with Crippen LogP contribution in [-0.2, 0) is 0 Å². The lowest BCUT2D eigenvalue weighted by Crippen LogP contribution is -2.50. The predicted molar refractivity (Wildman–Crippen MR) is 77.3 cm³/mol. The van der Waals surface area contributed by atoms with Gasteiger partial charge in [0, 0.05) is 24.2 Å². The zero-order valence-corrected chi connectivity index (χ0v) is 11.7. The number of pyridine rings is 1. The number of amides is 1. The van der Waals surface area contributed by atoms with E-state index >= 15 is 0 Å². The van der Waals surface area contributed by atoms with Gasteiger partial charge in [-0.3, -0.25) is 4.79 Å². The summed E-state index contributed by atoms with van der Waals surface area (Å²) in [5.41, 5.74) is 5.97. The van der Waals surface area contributed by atoms with Gasteiger partial charge in [0.25, 0.3) is 5.91 Å². The van der Waals surface area contributed by atoms with E-state index < -0.39 is 0 Å². The fourth-order valence-electron chi connectivity index (χ4n) is 2.72. The summed E-state index contributed by atoms with van der Waals surface area (Å²) in [7, 11) is 0. The first-order chi connectivity index (χ1) is 9.06. The molecule has 0 unspecified atom stereocenters. The molecule has 2 heterocycles. The first-order valence-corrected chi connectivity index (χ1v) is 7.26. The second-order valence-electron chi connectivity index (χ2n) is 5.67. The molecule has 0 radical (unpaired) electrons. The van der Waals surface area contributed by atoms with Crippen LogP contribution in [0.5, 0.6) is 0 Å². The van der Waals surface area contributed by atoms with Crippen LogP contribution in [0.15, 0.2) is 24.4 Å². The smallest absolute Gasteiger partial charge is 0.261 e. The molecule has 0 aliphatic heterocycles. The van der Waals surface area contributed by atoms with Gasteiger partial charge in [0.05, 0.1) is 4.88 Å². The number of fused-ring (bicyclic) bond motifs is 1. The van der Waals surface area contributed by atoms with E-state index in [4.69, 9.17) is 5.73 Å². The number of carbonyl (C=O) groups excluding carboxylic acids is 1. The Bertz CT molecular complexity index is 583. The molecule has 5 heteroatoms. The summed E-state index contributed by atoms with van der Waals surface area (Å²) in [6, 6.07) is 6.06. The fourth-order valence-corrected chi connectivity index (χ4v) is 3.63. The van der Waals surface area contributed by atoms with Crippen LogP contribution in [0.3, 0.4) is 0 Å². The maximum atomic E-state index is 12.1. The van der Waals surface area contributed by atoms with Crippen molar-refractivity contribution in [2.24, 2.45) is 11.1 Å². The van der Waals surface area contributed by atoms with Gasteiger partial charge < -0.3 is 11.1 Å². The minimum Gasteiger partial charge on any atom is -0.351 e. The van der Waals surface area contributed by atoms with Gasteiger partial charge in [-0.05, 0) is 30.4 Å². The normalized spacial score (nSPS) is 26.1. The van der Waals surface area contributed by atoms with E-state index in [-0.39, 0.29) is 11.3 Å². The van der Waals surface area contributed by atoms with E-state index in [0.717, 1.165) is 27.9 Å². The van der Waals surface area contributed by atoms with Gasteiger partial charge in [-0.15, -0.1) is 11.3 Å². The molecule has 1 saturated carbocycles. The molecule has 4 nitrogen and oxygen atoms in total. The summed E-state index contributed by atoms with van der Waals surface area (Å²) in [5.74, 6) is -0.00954.